The number of rotatable bonds is 9. The largest absolute Gasteiger partial charge is 0.507 e. The molecular weight excluding hydrogens is 451 g/mol. The Labute approximate surface area is 204 Å². The van der Waals surface area contributed by atoms with Gasteiger partial charge in [-0.2, -0.15) is 0 Å². The number of likely N-dealkylation sites (tertiary alicyclic amines) is 2. The standard InChI is InChI=1S/C27H31FN2O5/c1-3-15-35-20-8-6-7-18(16-20)24-23(25(31)21-17-19(28)9-10-22(21)34-2)26(32)27(33)30(24)14-13-29-11-4-5-12-29/h6-10,16-17,24,31H,3-5,11-15H2,1-2H3/b25-23+. The van der Waals surface area contributed by atoms with Crippen molar-refractivity contribution < 1.29 is 28.6 Å². The minimum absolute atomic E-state index is 0.0217. The summed E-state index contributed by atoms with van der Waals surface area (Å²) in [5.74, 6) is -1.75. The molecule has 35 heavy (non-hydrogen) atoms. The van der Waals surface area contributed by atoms with E-state index in [2.05, 4.69) is 4.90 Å². The molecule has 2 fully saturated rings. The molecule has 2 aromatic carbocycles. The van der Waals surface area contributed by atoms with Gasteiger partial charge in [0.2, 0.25) is 0 Å². The number of ketones is 1. The summed E-state index contributed by atoms with van der Waals surface area (Å²) in [4.78, 5) is 30.2. The average molecular weight is 483 g/mol. The molecule has 7 nitrogen and oxygen atoms in total. The van der Waals surface area contributed by atoms with Crippen LogP contribution in [0.2, 0.25) is 0 Å². The fourth-order valence-corrected chi connectivity index (χ4v) is 4.72. The number of amides is 1. The Kier molecular flexibility index (Phi) is 7.70. The second-order valence-corrected chi connectivity index (χ2v) is 8.81. The van der Waals surface area contributed by atoms with Crippen LogP contribution < -0.4 is 9.47 Å². The molecule has 0 aromatic heterocycles. The SMILES string of the molecule is CCCOc1cccc(C2/C(=C(\O)c3cc(F)ccc3OC)C(=O)C(=O)N2CCN2CCCC2)c1. The van der Waals surface area contributed by atoms with Gasteiger partial charge in [-0.05, 0) is 68.2 Å². The number of Topliss-reactive ketones (excluding diaryl/α,β-unsaturated/α-hetero) is 1. The molecule has 0 aliphatic carbocycles. The van der Waals surface area contributed by atoms with E-state index in [-0.39, 0.29) is 16.9 Å². The van der Waals surface area contributed by atoms with Crippen LogP contribution in [0.1, 0.15) is 43.4 Å². The highest BCUT2D eigenvalue weighted by Crippen LogP contribution is 2.41. The van der Waals surface area contributed by atoms with Crippen molar-refractivity contribution in [3.63, 3.8) is 0 Å². The van der Waals surface area contributed by atoms with Gasteiger partial charge in [-0.3, -0.25) is 9.59 Å². The maximum absolute atomic E-state index is 14.1. The van der Waals surface area contributed by atoms with E-state index in [0.717, 1.165) is 38.4 Å². The summed E-state index contributed by atoms with van der Waals surface area (Å²) < 4.78 is 25.2. The summed E-state index contributed by atoms with van der Waals surface area (Å²) >= 11 is 0. The lowest BCUT2D eigenvalue weighted by Crippen LogP contribution is -2.37. The molecule has 1 amide bonds. The molecule has 4 rings (SSSR count). The highest BCUT2D eigenvalue weighted by molar-refractivity contribution is 6.46. The van der Waals surface area contributed by atoms with Gasteiger partial charge in [0, 0.05) is 13.1 Å². The predicted octanol–water partition coefficient (Wildman–Crippen LogP) is 4.14. The van der Waals surface area contributed by atoms with Gasteiger partial charge in [0.05, 0.1) is 30.9 Å². The van der Waals surface area contributed by atoms with Crippen molar-refractivity contribution in [2.75, 3.05) is 39.9 Å². The first kappa shape index (κ1) is 24.7. The fraction of sp³-hybridized carbons (Fsp3) is 0.407. The van der Waals surface area contributed by atoms with Crippen molar-refractivity contribution in [1.82, 2.24) is 9.80 Å². The number of carbonyl (C=O) groups is 2. The zero-order valence-corrected chi connectivity index (χ0v) is 20.1. The number of ether oxygens (including phenoxy) is 2. The molecule has 2 aromatic rings. The number of hydrogen-bond donors (Lipinski definition) is 1. The Balaban J connectivity index is 1.80. The maximum atomic E-state index is 14.1. The molecular formula is C27H31FN2O5. The van der Waals surface area contributed by atoms with Crippen molar-refractivity contribution in [2.45, 2.75) is 32.2 Å². The molecule has 1 unspecified atom stereocenters. The van der Waals surface area contributed by atoms with Crippen LogP contribution in [0, 0.1) is 5.82 Å². The van der Waals surface area contributed by atoms with Crippen LogP contribution in [-0.4, -0.2) is 66.5 Å². The molecule has 2 aliphatic rings. The number of methoxy groups -OCH3 is 1. The summed E-state index contributed by atoms with van der Waals surface area (Å²) in [6.07, 6.45) is 3.05. The highest BCUT2D eigenvalue weighted by atomic mass is 19.1. The Morgan fingerprint density at radius 1 is 1.11 bits per heavy atom. The maximum Gasteiger partial charge on any atom is 0.295 e. The minimum atomic E-state index is -0.837. The fourth-order valence-electron chi connectivity index (χ4n) is 4.72. The number of aliphatic hydroxyl groups excluding tert-OH is 1. The lowest BCUT2D eigenvalue weighted by Gasteiger charge is -2.27. The van der Waals surface area contributed by atoms with Gasteiger partial charge in [0.25, 0.3) is 11.7 Å². The van der Waals surface area contributed by atoms with Crippen LogP contribution in [0.25, 0.3) is 5.76 Å². The van der Waals surface area contributed by atoms with Crippen molar-refractivity contribution in [3.8, 4) is 11.5 Å². The Bertz CT molecular complexity index is 1130. The van der Waals surface area contributed by atoms with E-state index in [1.165, 1.54) is 24.1 Å². The Morgan fingerprint density at radius 2 is 1.89 bits per heavy atom. The molecule has 2 saturated heterocycles. The molecule has 1 atom stereocenters. The third-order valence-corrected chi connectivity index (χ3v) is 6.46. The molecule has 2 aliphatic heterocycles. The zero-order chi connectivity index (χ0) is 24.9. The van der Waals surface area contributed by atoms with E-state index in [1.54, 1.807) is 18.2 Å². The first-order valence-electron chi connectivity index (χ1n) is 12.0. The van der Waals surface area contributed by atoms with Gasteiger partial charge in [0.15, 0.2) is 0 Å². The molecule has 1 N–H and O–H groups in total. The van der Waals surface area contributed by atoms with Crippen LogP contribution in [0.4, 0.5) is 4.39 Å². The number of hydrogen-bond acceptors (Lipinski definition) is 6. The second-order valence-electron chi connectivity index (χ2n) is 8.81. The highest BCUT2D eigenvalue weighted by Gasteiger charge is 2.46. The molecule has 2 heterocycles. The third-order valence-electron chi connectivity index (χ3n) is 6.46. The van der Waals surface area contributed by atoms with Crippen molar-refractivity contribution >= 4 is 17.4 Å². The minimum Gasteiger partial charge on any atom is -0.507 e. The van der Waals surface area contributed by atoms with E-state index < -0.39 is 29.3 Å². The van der Waals surface area contributed by atoms with E-state index in [4.69, 9.17) is 9.47 Å². The topological polar surface area (TPSA) is 79.3 Å². The van der Waals surface area contributed by atoms with Gasteiger partial charge in [-0.1, -0.05) is 19.1 Å². The van der Waals surface area contributed by atoms with Crippen molar-refractivity contribution in [2.24, 2.45) is 0 Å². The summed E-state index contributed by atoms with van der Waals surface area (Å²) in [7, 11) is 1.39. The summed E-state index contributed by atoms with van der Waals surface area (Å²) in [6, 6.07) is 10.0. The lowest BCUT2D eigenvalue weighted by molar-refractivity contribution is -0.140. The van der Waals surface area contributed by atoms with Crippen LogP contribution >= 0.6 is 0 Å². The molecule has 0 saturated carbocycles. The number of carbonyl (C=O) groups excluding carboxylic acids is 2. The van der Waals surface area contributed by atoms with Crippen LogP contribution in [0.3, 0.4) is 0 Å². The smallest absolute Gasteiger partial charge is 0.295 e. The average Bonchev–Trinajstić information content (AvgIpc) is 3.47. The molecule has 0 spiro atoms. The van der Waals surface area contributed by atoms with Crippen LogP contribution in [0.5, 0.6) is 11.5 Å². The van der Waals surface area contributed by atoms with E-state index in [0.29, 0.717) is 31.0 Å². The predicted molar refractivity (Wildman–Crippen MR) is 130 cm³/mol. The van der Waals surface area contributed by atoms with Crippen LogP contribution in [0.15, 0.2) is 48.0 Å². The Morgan fingerprint density at radius 3 is 2.60 bits per heavy atom. The third kappa shape index (κ3) is 5.17. The normalized spacial score (nSPS) is 20.0. The molecule has 186 valence electrons. The monoisotopic (exact) mass is 482 g/mol. The van der Waals surface area contributed by atoms with Gasteiger partial charge >= 0.3 is 0 Å². The lowest BCUT2D eigenvalue weighted by atomic mass is 9.94. The first-order chi connectivity index (χ1) is 16.9. The van der Waals surface area contributed by atoms with Gasteiger partial charge in [0.1, 0.15) is 23.1 Å². The summed E-state index contributed by atoms with van der Waals surface area (Å²) in [6.45, 7) is 5.39. The van der Waals surface area contributed by atoms with Crippen molar-refractivity contribution in [3.05, 3.63) is 65.0 Å². The summed E-state index contributed by atoms with van der Waals surface area (Å²) in [5.41, 5.74) is 0.567. The van der Waals surface area contributed by atoms with Crippen LogP contribution in [-0.2, 0) is 9.59 Å². The quantitative estimate of drug-likeness (QED) is 0.329. The second kappa shape index (κ2) is 10.9. The molecule has 0 radical (unpaired) electrons. The number of halogens is 1. The van der Waals surface area contributed by atoms with Gasteiger partial charge < -0.3 is 24.4 Å². The van der Waals surface area contributed by atoms with E-state index >= 15 is 0 Å². The molecule has 8 heteroatoms. The van der Waals surface area contributed by atoms with Gasteiger partial charge in [-0.15, -0.1) is 0 Å². The molecule has 0 bridgehead atoms. The first-order valence-corrected chi connectivity index (χ1v) is 12.0. The number of nitrogens with zero attached hydrogens (tertiary/aromatic N) is 2. The van der Waals surface area contributed by atoms with Gasteiger partial charge in [-0.25, -0.2) is 4.39 Å². The van der Waals surface area contributed by atoms with Crippen molar-refractivity contribution in [1.29, 1.82) is 0 Å². The number of benzene rings is 2. The zero-order valence-electron chi connectivity index (χ0n) is 20.1. The number of aliphatic hydroxyl groups is 1. The summed E-state index contributed by atoms with van der Waals surface area (Å²) in [5, 5.41) is 11.3. The van der Waals surface area contributed by atoms with E-state index in [9.17, 15) is 19.1 Å². The Hall–Kier alpha value is -3.39. The van der Waals surface area contributed by atoms with E-state index in [1.807, 2.05) is 13.0 Å².